The van der Waals surface area contributed by atoms with Crippen LogP contribution < -0.4 is 10.1 Å². The van der Waals surface area contributed by atoms with Crippen LogP contribution in [0.1, 0.15) is 30.6 Å². The molecule has 1 atom stereocenters. The lowest BCUT2D eigenvalue weighted by molar-refractivity contribution is 0.382. The third-order valence-corrected chi connectivity index (χ3v) is 4.42. The van der Waals surface area contributed by atoms with Crippen molar-refractivity contribution < 1.29 is 4.74 Å². The second-order valence-electron chi connectivity index (χ2n) is 4.50. The zero-order valence-electron chi connectivity index (χ0n) is 11.9. The van der Waals surface area contributed by atoms with E-state index in [2.05, 4.69) is 78.9 Å². The summed E-state index contributed by atoms with van der Waals surface area (Å²) < 4.78 is 7.59. The lowest BCUT2D eigenvalue weighted by Crippen LogP contribution is -2.25. The van der Waals surface area contributed by atoms with E-state index in [-0.39, 0.29) is 6.04 Å². The van der Waals surface area contributed by atoms with Crippen molar-refractivity contribution in [3.05, 3.63) is 49.9 Å². The van der Waals surface area contributed by atoms with Gasteiger partial charge in [0.05, 0.1) is 13.2 Å². The minimum absolute atomic E-state index is 0.0577. The summed E-state index contributed by atoms with van der Waals surface area (Å²) in [6.45, 7) is 3.03. The van der Waals surface area contributed by atoms with Gasteiger partial charge >= 0.3 is 0 Å². The van der Waals surface area contributed by atoms with Crippen LogP contribution in [0.4, 0.5) is 0 Å². The predicted molar refractivity (Wildman–Crippen MR) is 95.6 cm³/mol. The van der Waals surface area contributed by atoms with Crippen LogP contribution in [0.3, 0.4) is 0 Å². The molecule has 112 valence electrons. The summed E-state index contributed by atoms with van der Waals surface area (Å²) in [7, 11) is 1.62. The molecule has 0 saturated carbocycles. The average Bonchev–Trinajstić information content (AvgIpc) is 2.51. The smallest absolute Gasteiger partial charge is 0.237 e. The van der Waals surface area contributed by atoms with Crippen LogP contribution in [0, 0.1) is 3.57 Å². The van der Waals surface area contributed by atoms with Crippen LogP contribution in [0.25, 0.3) is 0 Å². The van der Waals surface area contributed by atoms with Gasteiger partial charge < -0.3 is 10.1 Å². The summed E-state index contributed by atoms with van der Waals surface area (Å²) in [5.41, 5.74) is 1.94. The van der Waals surface area contributed by atoms with E-state index in [4.69, 9.17) is 4.74 Å². The van der Waals surface area contributed by atoms with Crippen LogP contribution in [-0.2, 0) is 0 Å². The highest BCUT2D eigenvalue weighted by atomic mass is 127. The number of rotatable bonds is 6. The quantitative estimate of drug-likeness (QED) is 0.662. The molecule has 2 rings (SSSR count). The third kappa shape index (κ3) is 4.14. The number of halogens is 2. The van der Waals surface area contributed by atoms with Crippen molar-refractivity contribution in [2.75, 3.05) is 13.7 Å². The molecule has 1 heterocycles. The van der Waals surface area contributed by atoms with Gasteiger partial charge in [0.1, 0.15) is 5.69 Å². The number of ether oxygens (including phenoxy) is 1. The molecule has 0 aliphatic rings. The van der Waals surface area contributed by atoms with Gasteiger partial charge in [-0.15, -0.1) is 0 Å². The van der Waals surface area contributed by atoms with E-state index in [0.717, 1.165) is 28.7 Å². The Kier molecular flexibility index (Phi) is 6.38. The Labute approximate surface area is 147 Å². The van der Waals surface area contributed by atoms with Crippen molar-refractivity contribution in [3.8, 4) is 5.88 Å². The largest absolute Gasteiger partial charge is 0.480 e. The molecular weight excluding hydrogens is 445 g/mol. The number of nitrogens with zero attached hydrogens (tertiary/aromatic N) is 2. The van der Waals surface area contributed by atoms with Crippen LogP contribution in [0.5, 0.6) is 5.88 Å². The molecule has 0 radical (unpaired) electrons. The monoisotopic (exact) mass is 461 g/mol. The average molecular weight is 462 g/mol. The molecule has 0 amide bonds. The fourth-order valence-electron chi connectivity index (χ4n) is 2.07. The van der Waals surface area contributed by atoms with Gasteiger partial charge in [-0.2, -0.15) is 0 Å². The number of benzene rings is 1. The normalized spacial score (nSPS) is 12.2. The van der Waals surface area contributed by atoms with E-state index in [9.17, 15) is 0 Å². The Balaban J connectivity index is 2.49. The highest BCUT2D eigenvalue weighted by molar-refractivity contribution is 14.1. The second kappa shape index (κ2) is 8.05. The number of hydrogen-bond donors (Lipinski definition) is 1. The van der Waals surface area contributed by atoms with E-state index in [1.54, 1.807) is 19.5 Å². The fraction of sp³-hybridized carbons (Fsp3) is 0.333. The van der Waals surface area contributed by atoms with Crippen molar-refractivity contribution in [1.29, 1.82) is 0 Å². The van der Waals surface area contributed by atoms with Gasteiger partial charge in [0.15, 0.2) is 0 Å². The maximum atomic E-state index is 5.37. The SMILES string of the molecule is CCCNC(c1cc(I)ccc1Br)c1nccnc1OC. The van der Waals surface area contributed by atoms with Gasteiger partial charge in [0.25, 0.3) is 0 Å². The van der Waals surface area contributed by atoms with Crippen molar-refractivity contribution >= 4 is 38.5 Å². The molecule has 0 aliphatic carbocycles. The molecule has 0 spiro atoms. The first-order valence-electron chi connectivity index (χ1n) is 6.70. The van der Waals surface area contributed by atoms with E-state index in [1.807, 2.05) is 0 Å². The van der Waals surface area contributed by atoms with Gasteiger partial charge in [0.2, 0.25) is 5.88 Å². The first-order valence-corrected chi connectivity index (χ1v) is 8.57. The Bertz CT molecular complexity index is 609. The number of hydrogen-bond acceptors (Lipinski definition) is 4. The number of nitrogens with one attached hydrogen (secondary N) is 1. The molecule has 0 saturated heterocycles. The summed E-state index contributed by atoms with van der Waals surface area (Å²) in [6.07, 6.45) is 4.38. The molecule has 0 aliphatic heterocycles. The van der Waals surface area contributed by atoms with Crippen LogP contribution >= 0.6 is 38.5 Å². The molecule has 21 heavy (non-hydrogen) atoms. The lowest BCUT2D eigenvalue weighted by atomic mass is 10.0. The zero-order valence-corrected chi connectivity index (χ0v) is 15.7. The fourth-order valence-corrected chi connectivity index (χ4v) is 3.06. The summed E-state index contributed by atoms with van der Waals surface area (Å²) in [5, 5.41) is 3.53. The van der Waals surface area contributed by atoms with Gasteiger partial charge in [-0.1, -0.05) is 22.9 Å². The van der Waals surface area contributed by atoms with Crippen LogP contribution in [-0.4, -0.2) is 23.6 Å². The molecule has 0 bridgehead atoms. The summed E-state index contributed by atoms with van der Waals surface area (Å²) >= 11 is 5.95. The molecule has 1 unspecified atom stereocenters. The van der Waals surface area contributed by atoms with Crippen molar-refractivity contribution in [1.82, 2.24) is 15.3 Å². The Morgan fingerprint density at radius 3 is 2.81 bits per heavy atom. The lowest BCUT2D eigenvalue weighted by Gasteiger charge is -2.21. The molecule has 1 aromatic carbocycles. The van der Waals surface area contributed by atoms with Crippen LogP contribution in [0.15, 0.2) is 35.1 Å². The van der Waals surface area contributed by atoms with E-state index < -0.39 is 0 Å². The number of methoxy groups -OCH3 is 1. The maximum absolute atomic E-state index is 5.37. The highest BCUT2D eigenvalue weighted by Crippen LogP contribution is 2.32. The molecular formula is C15H17BrIN3O. The van der Waals surface area contributed by atoms with E-state index in [0.29, 0.717) is 5.88 Å². The Morgan fingerprint density at radius 2 is 2.10 bits per heavy atom. The molecule has 1 N–H and O–H groups in total. The number of aromatic nitrogens is 2. The molecule has 1 aromatic heterocycles. The Morgan fingerprint density at radius 1 is 1.33 bits per heavy atom. The van der Waals surface area contributed by atoms with Gasteiger partial charge in [-0.05, 0) is 59.3 Å². The summed E-state index contributed by atoms with van der Waals surface area (Å²) in [4.78, 5) is 8.74. The highest BCUT2D eigenvalue weighted by Gasteiger charge is 2.22. The van der Waals surface area contributed by atoms with E-state index in [1.165, 1.54) is 3.57 Å². The van der Waals surface area contributed by atoms with Crippen LogP contribution in [0.2, 0.25) is 0 Å². The minimum Gasteiger partial charge on any atom is -0.480 e. The van der Waals surface area contributed by atoms with Gasteiger partial charge in [-0.3, -0.25) is 4.98 Å². The molecule has 2 aromatic rings. The summed E-state index contributed by atoms with van der Waals surface area (Å²) in [6, 6.07) is 6.21. The topological polar surface area (TPSA) is 47.0 Å². The zero-order chi connectivity index (χ0) is 15.2. The minimum atomic E-state index is -0.0577. The van der Waals surface area contributed by atoms with Crippen molar-refractivity contribution in [2.45, 2.75) is 19.4 Å². The predicted octanol–water partition coefficient (Wildman–Crippen LogP) is 3.94. The first kappa shape index (κ1) is 16.6. The molecule has 6 heteroatoms. The van der Waals surface area contributed by atoms with E-state index >= 15 is 0 Å². The second-order valence-corrected chi connectivity index (χ2v) is 6.60. The van der Waals surface area contributed by atoms with Crippen molar-refractivity contribution in [2.24, 2.45) is 0 Å². The first-order chi connectivity index (χ1) is 10.2. The molecule has 0 fully saturated rings. The third-order valence-electron chi connectivity index (χ3n) is 3.03. The van der Waals surface area contributed by atoms with Gasteiger partial charge in [0, 0.05) is 20.4 Å². The van der Waals surface area contributed by atoms with Gasteiger partial charge in [-0.25, -0.2) is 4.98 Å². The molecule has 4 nitrogen and oxygen atoms in total. The maximum Gasteiger partial charge on any atom is 0.237 e. The Hall–Kier alpha value is -0.730. The standard InChI is InChI=1S/C15H17BrIN3O/c1-3-6-18-13(11-9-10(17)4-5-12(11)16)14-15(21-2)20-8-7-19-14/h4-5,7-9,13,18H,3,6H2,1-2H3. The van der Waals surface area contributed by atoms with Crippen molar-refractivity contribution in [3.63, 3.8) is 0 Å². The summed E-state index contributed by atoms with van der Waals surface area (Å²) in [5.74, 6) is 0.553.